The molecule has 0 unspecified atom stereocenters. The zero-order chi connectivity index (χ0) is 12.6. The van der Waals surface area contributed by atoms with Gasteiger partial charge < -0.3 is 14.9 Å². The number of aryl methyl sites for hydroxylation is 1. The van der Waals surface area contributed by atoms with E-state index in [2.05, 4.69) is 4.98 Å². The van der Waals surface area contributed by atoms with Crippen LogP contribution < -0.4 is 11.2 Å². The second kappa shape index (κ2) is 4.10. The van der Waals surface area contributed by atoms with E-state index in [1.54, 1.807) is 6.92 Å². The van der Waals surface area contributed by atoms with Crippen LogP contribution in [0.2, 0.25) is 0 Å². The van der Waals surface area contributed by atoms with Gasteiger partial charge in [0.25, 0.3) is 5.56 Å². The van der Waals surface area contributed by atoms with Crippen molar-refractivity contribution < 1.29 is 14.9 Å². The summed E-state index contributed by atoms with van der Waals surface area (Å²) >= 11 is 0. The molecule has 1 fully saturated rings. The third kappa shape index (κ3) is 2.17. The topological polar surface area (TPSA) is 105 Å². The van der Waals surface area contributed by atoms with Gasteiger partial charge in [-0.15, -0.1) is 0 Å². The van der Waals surface area contributed by atoms with Gasteiger partial charge >= 0.3 is 5.69 Å². The molecule has 0 aromatic carbocycles. The standard InChI is InChI=1S/C10H14N2O5/c1-6-3-12(9(15)11-8(6)14)7-2-10(16,4-13)5-17-7/h3,7,13,16H,2,4-5H2,1H3,(H,11,14,15)/t7-,10-/m1/s1. The van der Waals surface area contributed by atoms with E-state index in [4.69, 9.17) is 9.84 Å². The maximum absolute atomic E-state index is 11.6. The molecule has 0 saturated carbocycles. The highest BCUT2D eigenvalue weighted by Gasteiger charge is 2.39. The van der Waals surface area contributed by atoms with Crippen molar-refractivity contribution in [3.8, 4) is 0 Å². The minimum absolute atomic E-state index is 0.0429. The highest BCUT2D eigenvalue weighted by atomic mass is 16.5. The number of H-pyrrole nitrogens is 1. The fourth-order valence-electron chi connectivity index (χ4n) is 1.78. The highest BCUT2D eigenvalue weighted by molar-refractivity contribution is 5.02. The normalized spacial score (nSPS) is 28.5. The summed E-state index contributed by atoms with van der Waals surface area (Å²) < 4.78 is 6.46. The molecule has 1 saturated heterocycles. The Kier molecular flexibility index (Phi) is 2.90. The lowest BCUT2D eigenvalue weighted by Crippen LogP contribution is -2.35. The van der Waals surface area contributed by atoms with Crippen molar-refractivity contribution >= 4 is 0 Å². The molecule has 7 nitrogen and oxygen atoms in total. The van der Waals surface area contributed by atoms with E-state index in [0.717, 1.165) is 0 Å². The largest absolute Gasteiger partial charge is 0.393 e. The fraction of sp³-hybridized carbons (Fsp3) is 0.600. The monoisotopic (exact) mass is 242 g/mol. The van der Waals surface area contributed by atoms with Crippen LogP contribution in [0.1, 0.15) is 18.2 Å². The molecule has 17 heavy (non-hydrogen) atoms. The predicted octanol–water partition coefficient (Wildman–Crippen LogP) is -1.51. The number of hydrogen-bond acceptors (Lipinski definition) is 5. The number of aliphatic hydroxyl groups excluding tert-OH is 1. The predicted molar refractivity (Wildman–Crippen MR) is 57.7 cm³/mol. The molecule has 0 spiro atoms. The van der Waals surface area contributed by atoms with E-state index in [-0.39, 0.29) is 13.0 Å². The van der Waals surface area contributed by atoms with Crippen molar-refractivity contribution in [1.82, 2.24) is 9.55 Å². The molecule has 3 N–H and O–H groups in total. The smallest absolute Gasteiger partial charge is 0.330 e. The minimum Gasteiger partial charge on any atom is -0.393 e. The number of nitrogens with one attached hydrogen (secondary N) is 1. The van der Waals surface area contributed by atoms with Crippen LogP contribution in [0.3, 0.4) is 0 Å². The lowest BCUT2D eigenvalue weighted by Gasteiger charge is -2.17. The van der Waals surface area contributed by atoms with Crippen molar-refractivity contribution in [3.05, 3.63) is 32.6 Å². The van der Waals surface area contributed by atoms with Crippen molar-refractivity contribution in [2.45, 2.75) is 25.2 Å². The SMILES string of the molecule is Cc1cn([C@H]2C[C@@](O)(CO)CO2)c(=O)[nH]c1=O. The average molecular weight is 242 g/mol. The summed E-state index contributed by atoms with van der Waals surface area (Å²) in [6, 6.07) is 0. The molecule has 0 bridgehead atoms. The van der Waals surface area contributed by atoms with Gasteiger partial charge in [0, 0.05) is 18.2 Å². The molecular weight excluding hydrogens is 228 g/mol. The van der Waals surface area contributed by atoms with E-state index in [9.17, 15) is 14.7 Å². The number of aromatic nitrogens is 2. The van der Waals surface area contributed by atoms with Gasteiger partial charge in [0.05, 0.1) is 13.2 Å². The van der Waals surface area contributed by atoms with E-state index in [1.807, 2.05) is 0 Å². The summed E-state index contributed by atoms with van der Waals surface area (Å²) in [4.78, 5) is 24.9. The van der Waals surface area contributed by atoms with E-state index in [1.165, 1.54) is 10.8 Å². The van der Waals surface area contributed by atoms with Crippen LogP contribution >= 0.6 is 0 Å². The summed E-state index contributed by atoms with van der Waals surface area (Å²) in [5.74, 6) is 0. The molecule has 2 heterocycles. The second-order valence-electron chi connectivity index (χ2n) is 4.33. The van der Waals surface area contributed by atoms with Crippen molar-refractivity contribution in [3.63, 3.8) is 0 Å². The lowest BCUT2D eigenvalue weighted by molar-refractivity contribution is -0.0239. The van der Waals surface area contributed by atoms with Crippen LogP contribution in [0, 0.1) is 6.92 Å². The molecule has 7 heteroatoms. The molecule has 2 rings (SSSR count). The minimum atomic E-state index is -1.33. The van der Waals surface area contributed by atoms with Gasteiger partial charge in [0.2, 0.25) is 0 Å². The van der Waals surface area contributed by atoms with Crippen LogP contribution in [0.5, 0.6) is 0 Å². The fourth-order valence-corrected chi connectivity index (χ4v) is 1.78. The third-order valence-corrected chi connectivity index (χ3v) is 2.85. The van der Waals surface area contributed by atoms with E-state index >= 15 is 0 Å². The lowest BCUT2D eigenvalue weighted by atomic mass is 10.0. The number of rotatable bonds is 2. The number of aromatic amines is 1. The zero-order valence-corrected chi connectivity index (χ0v) is 9.34. The molecule has 1 aromatic heterocycles. The Balaban J connectivity index is 2.34. The highest BCUT2D eigenvalue weighted by Crippen LogP contribution is 2.29. The second-order valence-corrected chi connectivity index (χ2v) is 4.33. The van der Waals surface area contributed by atoms with Crippen LogP contribution in [0.15, 0.2) is 15.8 Å². The molecular formula is C10H14N2O5. The third-order valence-electron chi connectivity index (χ3n) is 2.85. The number of aliphatic hydroxyl groups is 2. The molecule has 1 aromatic rings. The molecule has 0 aliphatic carbocycles. The number of ether oxygens (including phenoxy) is 1. The van der Waals surface area contributed by atoms with Crippen molar-refractivity contribution in [2.75, 3.05) is 13.2 Å². The summed E-state index contributed by atoms with van der Waals surface area (Å²) in [6.07, 6.45) is 0.819. The van der Waals surface area contributed by atoms with Crippen LogP contribution in [0.4, 0.5) is 0 Å². The van der Waals surface area contributed by atoms with Crippen LogP contribution in [0.25, 0.3) is 0 Å². The van der Waals surface area contributed by atoms with Gasteiger partial charge in [-0.05, 0) is 6.92 Å². The van der Waals surface area contributed by atoms with Gasteiger partial charge in [0.15, 0.2) is 0 Å². The molecule has 1 aliphatic heterocycles. The Morgan fingerprint density at radius 1 is 1.65 bits per heavy atom. The Labute approximate surface area is 96.3 Å². The Bertz CT molecular complexity index is 534. The Hall–Kier alpha value is -1.44. The molecule has 2 atom stereocenters. The Morgan fingerprint density at radius 3 is 2.94 bits per heavy atom. The average Bonchev–Trinajstić information content (AvgIpc) is 2.67. The maximum atomic E-state index is 11.6. The number of hydrogen-bond donors (Lipinski definition) is 3. The van der Waals surface area contributed by atoms with Gasteiger partial charge in [-0.2, -0.15) is 0 Å². The van der Waals surface area contributed by atoms with E-state index < -0.39 is 29.7 Å². The van der Waals surface area contributed by atoms with Crippen molar-refractivity contribution in [1.29, 1.82) is 0 Å². The first-order valence-electron chi connectivity index (χ1n) is 5.22. The van der Waals surface area contributed by atoms with Crippen molar-refractivity contribution in [2.24, 2.45) is 0 Å². The zero-order valence-electron chi connectivity index (χ0n) is 9.34. The maximum Gasteiger partial charge on any atom is 0.330 e. The Morgan fingerprint density at radius 2 is 2.35 bits per heavy atom. The van der Waals surface area contributed by atoms with Gasteiger partial charge in [-0.1, -0.05) is 0 Å². The first kappa shape index (κ1) is 12.0. The molecule has 1 aliphatic rings. The van der Waals surface area contributed by atoms with Gasteiger partial charge in [0.1, 0.15) is 11.8 Å². The summed E-state index contributed by atoms with van der Waals surface area (Å²) in [5.41, 5.74) is -1.98. The molecule has 0 radical (unpaired) electrons. The number of nitrogens with zero attached hydrogens (tertiary/aromatic N) is 1. The quantitative estimate of drug-likeness (QED) is 0.584. The van der Waals surface area contributed by atoms with Crippen LogP contribution in [-0.4, -0.2) is 38.6 Å². The molecule has 94 valence electrons. The van der Waals surface area contributed by atoms with Crippen LogP contribution in [-0.2, 0) is 4.74 Å². The van der Waals surface area contributed by atoms with Gasteiger partial charge in [-0.25, -0.2) is 4.79 Å². The summed E-state index contributed by atoms with van der Waals surface area (Å²) in [7, 11) is 0. The first-order chi connectivity index (χ1) is 7.95. The first-order valence-corrected chi connectivity index (χ1v) is 5.22. The van der Waals surface area contributed by atoms with E-state index in [0.29, 0.717) is 5.56 Å². The summed E-state index contributed by atoms with van der Waals surface area (Å²) in [5, 5.41) is 18.8. The summed E-state index contributed by atoms with van der Waals surface area (Å²) in [6.45, 7) is 1.10. The van der Waals surface area contributed by atoms with Gasteiger partial charge in [-0.3, -0.25) is 14.3 Å². The molecule has 0 amide bonds.